The van der Waals surface area contributed by atoms with Gasteiger partial charge in [-0.25, -0.2) is 13.8 Å². The van der Waals surface area contributed by atoms with Crippen LogP contribution >= 0.6 is 0 Å². The van der Waals surface area contributed by atoms with Gasteiger partial charge in [0.15, 0.2) is 5.96 Å². The van der Waals surface area contributed by atoms with Gasteiger partial charge in [0.2, 0.25) is 0 Å². The van der Waals surface area contributed by atoms with E-state index in [1.165, 1.54) is 12.1 Å². The molecule has 110 valence electrons. The molecule has 0 heterocycles. The van der Waals surface area contributed by atoms with Crippen LogP contribution in [0.2, 0.25) is 0 Å². The summed E-state index contributed by atoms with van der Waals surface area (Å²) in [5, 5.41) is 0. The van der Waals surface area contributed by atoms with Gasteiger partial charge in [-0.2, -0.15) is 0 Å². The van der Waals surface area contributed by atoms with Crippen molar-refractivity contribution in [3.8, 4) is 0 Å². The Balaban J connectivity index is 1.96. The first-order valence-corrected chi connectivity index (χ1v) is 7.07. The lowest BCUT2D eigenvalue weighted by atomic mass is 9.76. The second kappa shape index (κ2) is 6.20. The molecule has 1 saturated carbocycles. The predicted molar refractivity (Wildman–Crippen MR) is 76.7 cm³/mol. The molecular weight excluding hydrogens is 260 g/mol. The summed E-state index contributed by atoms with van der Waals surface area (Å²) < 4.78 is 26.3. The highest BCUT2D eigenvalue weighted by Gasteiger charge is 2.31. The van der Waals surface area contributed by atoms with Crippen LogP contribution in [0.15, 0.2) is 23.2 Å². The number of rotatable bonds is 4. The molecule has 2 N–H and O–H groups in total. The fourth-order valence-electron chi connectivity index (χ4n) is 2.59. The van der Waals surface area contributed by atoms with Crippen molar-refractivity contribution < 1.29 is 8.78 Å². The maximum Gasteiger partial charge on any atom is 0.191 e. The number of guanidine groups is 1. The third kappa shape index (κ3) is 3.26. The van der Waals surface area contributed by atoms with Crippen LogP contribution in [0.25, 0.3) is 0 Å². The number of hydrogen-bond acceptors (Lipinski definition) is 1. The Labute approximate surface area is 118 Å². The number of hydrogen-bond donors (Lipinski definition) is 1. The third-order valence-corrected chi connectivity index (χ3v) is 3.87. The number of nitrogens with zero attached hydrogens (tertiary/aromatic N) is 2. The molecule has 5 heteroatoms. The second-order valence-electron chi connectivity index (χ2n) is 5.18. The van der Waals surface area contributed by atoms with Crippen LogP contribution in [0.3, 0.4) is 0 Å². The van der Waals surface area contributed by atoms with Crippen molar-refractivity contribution >= 4 is 5.96 Å². The first kappa shape index (κ1) is 14.8. The molecule has 20 heavy (non-hydrogen) atoms. The fourth-order valence-corrected chi connectivity index (χ4v) is 2.59. The molecule has 0 amide bonds. The van der Waals surface area contributed by atoms with Gasteiger partial charge in [0, 0.05) is 19.2 Å². The van der Waals surface area contributed by atoms with Crippen molar-refractivity contribution in [1.29, 1.82) is 0 Å². The molecular formula is C15H21F2N3. The zero-order chi connectivity index (χ0) is 14.7. The summed E-state index contributed by atoms with van der Waals surface area (Å²) in [5.74, 6) is -0.300. The molecule has 3 nitrogen and oxygen atoms in total. The summed E-state index contributed by atoms with van der Waals surface area (Å²) >= 11 is 0. The van der Waals surface area contributed by atoms with E-state index in [0.717, 1.165) is 37.6 Å². The molecule has 0 bridgehead atoms. The average Bonchev–Trinajstić information content (AvgIpc) is 2.33. The maximum atomic E-state index is 13.2. The van der Waals surface area contributed by atoms with E-state index in [-0.39, 0.29) is 12.0 Å². The van der Waals surface area contributed by atoms with Gasteiger partial charge in [-0.3, -0.25) is 0 Å². The van der Waals surface area contributed by atoms with E-state index in [1.807, 2.05) is 18.7 Å². The van der Waals surface area contributed by atoms with Crippen molar-refractivity contribution in [2.75, 3.05) is 13.1 Å². The second-order valence-corrected chi connectivity index (χ2v) is 5.18. The third-order valence-electron chi connectivity index (χ3n) is 3.87. The van der Waals surface area contributed by atoms with Crippen molar-refractivity contribution in [3.63, 3.8) is 0 Å². The Morgan fingerprint density at radius 1 is 1.20 bits per heavy atom. The minimum absolute atomic E-state index is 0.159. The van der Waals surface area contributed by atoms with Crippen molar-refractivity contribution in [2.45, 2.75) is 38.6 Å². The monoisotopic (exact) mass is 281 g/mol. The molecule has 0 unspecified atom stereocenters. The number of nitrogens with two attached hydrogens (primary N) is 1. The van der Waals surface area contributed by atoms with Gasteiger partial charge < -0.3 is 10.6 Å². The van der Waals surface area contributed by atoms with Crippen LogP contribution in [0.1, 0.15) is 38.2 Å². The normalized spacial score (nSPS) is 22.5. The molecule has 1 aliphatic carbocycles. The highest BCUT2D eigenvalue weighted by molar-refractivity contribution is 5.78. The molecule has 1 fully saturated rings. The van der Waals surface area contributed by atoms with Gasteiger partial charge in [0.1, 0.15) is 11.6 Å². The Morgan fingerprint density at radius 2 is 1.75 bits per heavy atom. The fraction of sp³-hybridized carbons (Fsp3) is 0.533. The molecule has 0 saturated heterocycles. The summed E-state index contributed by atoms with van der Waals surface area (Å²) in [5.41, 5.74) is 6.66. The maximum absolute atomic E-state index is 13.2. The number of aliphatic imine (C=N–C) groups is 1. The molecule has 0 aliphatic heterocycles. The molecule has 2 rings (SSSR count). The molecule has 0 aromatic heterocycles. The summed E-state index contributed by atoms with van der Waals surface area (Å²) in [6, 6.07) is 3.87. The van der Waals surface area contributed by atoms with E-state index in [1.54, 1.807) is 0 Å². The van der Waals surface area contributed by atoms with Crippen LogP contribution in [0.4, 0.5) is 8.78 Å². The van der Waals surface area contributed by atoms with E-state index >= 15 is 0 Å². The summed E-state index contributed by atoms with van der Waals surface area (Å²) in [6.45, 7) is 5.73. The molecule has 0 spiro atoms. The van der Waals surface area contributed by atoms with Gasteiger partial charge >= 0.3 is 0 Å². The highest BCUT2D eigenvalue weighted by atomic mass is 19.1. The molecule has 0 radical (unpaired) electrons. The number of benzene rings is 1. The van der Waals surface area contributed by atoms with Gasteiger partial charge in [0.05, 0.1) is 6.04 Å². The summed E-state index contributed by atoms with van der Waals surface area (Å²) in [4.78, 5) is 6.47. The summed E-state index contributed by atoms with van der Waals surface area (Å²) in [6.07, 6.45) is 1.59. The molecule has 1 aromatic rings. The van der Waals surface area contributed by atoms with Gasteiger partial charge in [0.25, 0.3) is 0 Å². The van der Waals surface area contributed by atoms with Gasteiger partial charge in [-0.1, -0.05) is 0 Å². The predicted octanol–water partition coefficient (Wildman–Crippen LogP) is 2.87. The van der Waals surface area contributed by atoms with Crippen LogP contribution in [0, 0.1) is 11.6 Å². The number of halogens is 2. The first-order valence-electron chi connectivity index (χ1n) is 7.07. The molecule has 0 atom stereocenters. The van der Waals surface area contributed by atoms with Crippen LogP contribution in [0.5, 0.6) is 0 Å². The molecule has 1 aromatic carbocycles. The van der Waals surface area contributed by atoms with E-state index in [2.05, 4.69) is 4.99 Å². The van der Waals surface area contributed by atoms with E-state index in [9.17, 15) is 8.78 Å². The van der Waals surface area contributed by atoms with Crippen LogP contribution in [-0.2, 0) is 0 Å². The largest absolute Gasteiger partial charge is 0.370 e. The van der Waals surface area contributed by atoms with E-state index in [0.29, 0.717) is 5.96 Å². The Hall–Kier alpha value is -1.65. The minimum Gasteiger partial charge on any atom is -0.370 e. The lowest BCUT2D eigenvalue weighted by Gasteiger charge is -2.34. The van der Waals surface area contributed by atoms with Gasteiger partial charge in [-0.15, -0.1) is 0 Å². The Morgan fingerprint density at radius 3 is 2.25 bits per heavy atom. The Bertz CT molecular complexity index is 472. The quantitative estimate of drug-likeness (QED) is 0.681. The highest BCUT2D eigenvalue weighted by Crippen LogP contribution is 2.39. The van der Waals surface area contributed by atoms with Crippen LogP contribution < -0.4 is 5.73 Å². The van der Waals surface area contributed by atoms with Crippen molar-refractivity contribution in [3.05, 3.63) is 35.4 Å². The zero-order valence-electron chi connectivity index (χ0n) is 11.9. The van der Waals surface area contributed by atoms with E-state index < -0.39 is 11.6 Å². The first-order chi connectivity index (χ1) is 9.53. The van der Waals surface area contributed by atoms with Crippen molar-refractivity contribution in [1.82, 2.24) is 4.90 Å². The lowest BCUT2D eigenvalue weighted by molar-refractivity contribution is 0.344. The minimum atomic E-state index is -0.519. The average molecular weight is 281 g/mol. The van der Waals surface area contributed by atoms with Gasteiger partial charge in [-0.05, 0) is 50.3 Å². The van der Waals surface area contributed by atoms with Crippen LogP contribution in [-0.4, -0.2) is 30.0 Å². The lowest BCUT2D eigenvalue weighted by Crippen LogP contribution is -2.39. The topological polar surface area (TPSA) is 41.6 Å². The standard InChI is InChI=1S/C15H21F2N3/c1-3-20(4-2)15(18)19-14-7-11(8-14)10-5-12(16)9-13(17)6-10/h5-6,9,11,14H,3-4,7-8H2,1-2H3,(H2,18,19). The summed E-state index contributed by atoms with van der Waals surface area (Å²) in [7, 11) is 0. The SMILES string of the molecule is CCN(CC)C(N)=NC1CC(c2cc(F)cc(F)c2)C1. The smallest absolute Gasteiger partial charge is 0.191 e. The van der Waals surface area contributed by atoms with Crippen molar-refractivity contribution in [2.24, 2.45) is 10.7 Å². The molecule has 1 aliphatic rings. The van der Waals surface area contributed by atoms with E-state index in [4.69, 9.17) is 5.73 Å². The zero-order valence-corrected chi connectivity index (χ0v) is 11.9. The Kier molecular flexibility index (Phi) is 4.57.